The molecule has 1 aromatic rings. The van der Waals surface area contributed by atoms with Crippen LogP contribution in [-0.4, -0.2) is 0 Å². The van der Waals surface area contributed by atoms with Gasteiger partial charge in [-0.2, -0.15) is 0 Å². The molecule has 0 aliphatic heterocycles. The lowest BCUT2D eigenvalue weighted by molar-refractivity contribution is 0.576. The maximum absolute atomic E-state index is 13.3. The van der Waals surface area contributed by atoms with Crippen LogP contribution in [0.1, 0.15) is 29.3 Å². The van der Waals surface area contributed by atoms with Gasteiger partial charge in [-0.1, -0.05) is 22.9 Å². The van der Waals surface area contributed by atoms with Crippen molar-refractivity contribution in [3.63, 3.8) is 0 Å². The number of halogens is 3. The third-order valence-corrected chi connectivity index (χ3v) is 3.11. The Morgan fingerprint density at radius 2 is 1.92 bits per heavy atom. The molecule has 0 aliphatic carbocycles. The summed E-state index contributed by atoms with van der Waals surface area (Å²) in [5.74, 6) is -0.697. The number of hydrogen-bond acceptors (Lipinski definition) is 0. The molecule has 1 atom stereocenters. The summed E-state index contributed by atoms with van der Waals surface area (Å²) >= 11 is 3.29. The van der Waals surface area contributed by atoms with E-state index < -0.39 is 0 Å². The van der Waals surface area contributed by atoms with E-state index >= 15 is 0 Å². The van der Waals surface area contributed by atoms with Crippen LogP contribution < -0.4 is 0 Å². The standard InChI is InChI=1S/C10H11BrF2/c1-3-8(11)7-5-9(12)6(2)4-10(7)13/h4-5,8H,3H2,1-2H3. The highest BCUT2D eigenvalue weighted by atomic mass is 79.9. The summed E-state index contributed by atoms with van der Waals surface area (Å²) in [4.78, 5) is -0.109. The van der Waals surface area contributed by atoms with Crippen LogP contribution in [0.25, 0.3) is 0 Å². The van der Waals surface area contributed by atoms with Crippen molar-refractivity contribution in [2.75, 3.05) is 0 Å². The molecule has 0 saturated carbocycles. The van der Waals surface area contributed by atoms with Crippen molar-refractivity contribution in [3.8, 4) is 0 Å². The fourth-order valence-corrected chi connectivity index (χ4v) is 1.47. The predicted octanol–water partition coefficient (Wildman–Crippen LogP) is 4.12. The Balaban J connectivity index is 3.15. The highest BCUT2D eigenvalue weighted by Crippen LogP contribution is 2.29. The van der Waals surface area contributed by atoms with Crippen molar-refractivity contribution >= 4 is 15.9 Å². The summed E-state index contributed by atoms with van der Waals surface area (Å²) < 4.78 is 26.3. The summed E-state index contributed by atoms with van der Waals surface area (Å²) in [5.41, 5.74) is 0.739. The average Bonchev–Trinajstić information content (AvgIpc) is 2.10. The molecule has 0 bridgehead atoms. The van der Waals surface area contributed by atoms with Crippen molar-refractivity contribution in [1.82, 2.24) is 0 Å². The van der Waals surface area contributed by atoms with Crippen LogP contribution >= 0.6 is 15.9 Å². The molecule has 0 radical (unpaired) electrons. The molecule has 0 fully saturated rings. The van der Waals surface area contributed by atoms with E-state index in [2.05, 4.69) is 15.9 Å². The SMILES string of the molecule is CCC(Br)c1cc(F)c(C)cc1F. The van der Waals surface area contributed by atoms with Gasteiger partial charge in [-0.25, -0.2) is 8.78 Å². The number of rotatable bonds is 2. The zero-order chi connectivity index (χ0) is 10.0. The van der Waals surface area contributed by atoms with Crippen molar-refractivity contribution in [3.05, 3.63) is 34.9 Å². The molecule has 1 unspecified atom stereocenters. The van der Waals surface area contributed by atoms with Crippen LogP contribution in [0.2, 0.25) is 0 Å². The third-order valence-electron chi connectivity index (χ3n) is 1.97. The van der Waals surface area contributed by atoms with E-state index in [1.165, 1.54) is 12.1 Å². The molecule has 13 heavy (non-hydrogen) atoms. The van der Waals surface area contributed by atoms with E-state index in [1.54, 1.807) is 6.92 Å². The Bertz CT molecular complexity index is 310. The fraction of sp³-hybridized carbons (Fsp3) is 0.400. The number of aryl methyl sites for hydroxylation is 1. The van der Waals surface area contributed by atoms with E-state index in [0.717, 1.165) is 6.42 Å². The Morgan fingerprint density at radius 1 is 1.31 bits per heavy atom. The van der Waals surface area contributed by atoms with Crippen LogP contribution in [0.15, 0.2) is 12.1 Å². The van der Waals surface area contributed by atoms with Crippen LogP contribution in [0, 0.1) is 18.6 Å². The number of alkyl halides is 1. The lowest BCUT2D eigenvalue weighted by Crippen LogP contribution is -1.96. The zero-order valence-corrected chi connectivity index (χ0v) is 9.16. The van der Waals surface area contributed by atoms with E-state index in [9.17, 15) is 8.78 Å². The lowest BCUT2D eigenvalue weighted by Gasteiger charge is -2.09. The predicted molar refractivity (Wildman–Crippen MR) is 53.1 cm³/mol. The fourth-order valence-electron chi connectivity index (χ4n) is 1.12. The Morgan fingerprint density at radius 3 is 2.46 bits per heavy atom. The monoisotopic (exact) mass is 248 g/mol. The highest BCUT2D eigenvalue weighted by molar-refractivity contribution is 9.09. The van der Waals surface area contributed by atoms with Gasteiger partial charge in [0.25, 0.3) is 0 Å². The smallest absolute Gasteiger partial charge is 0.128 e. The quantitative estimate of drug-likeness (QED) is 0.691. The second-order valence-corrected chi connectivity index (χ2v) is 4.10. The molecule has 0 aromatic heterocycles. The number of benzene rings is 1. The molecule has 0 saturated heterocycles. The summed E-state index contributed by atoms with van der Waals surface area (Å²) in [7, 11) is 0. The largest absolute Gasteiger partial charge is 0.207 e. The van der Waals surface area contributed by atoms with E-state index in [-0.39, 0.29) is 16.5 Å². The minimum atomic E-state index is -0.352. The Labute approximate surface area is 85.1 Å². The minimum absolute atomic E-state index is 0.109. The Hall–Kier alpha value is -0.440. The van der Waals surface area contributed by atoms with Crippen LogP contribution in [-0.2, 0) is 0 Å². The normalized spacial score (nSPS) is 13.0. The first-order valence-corrected chi connectivity index (χ1v) is 5.07. The van der Waals surface area contributed by atoms with Gasteiger partial charge in [0.15, 0.2) is 0 Å². The third kappa shape index (κ3) is 2.27. The first kappa shape index (κ1) is 10.6. The molecule has 72 valence electrons. The lowest BCUT2D eigenvalue weighted by atomic mass is 10.1. The van der Waals surface area contributed by atoms with Crippen LogP contribution in [0.4, 0.5) is 8.78 Å². The van der Waals surface area contributed by atoms with Gasteiger partial charge >= 0.3 is 0 Å². The first-order chi connectivity index (χ1) is 6.06. The van der Waals surface area contributed by atoms with Gasteiger partial charge in [-0.3, -0.25) is 0 Å². The summed E-state index contributed by atoms with van der Waals surface area (Å²) in [6.07, 6.45) is 0.736. The van der Waals surface area contributed by atoms with E-state index in [0.29, 0.717) is 11.1 Å². The zero-order valence-electron chi connectivity index (χ0n) is 7.57. The number of hydrogen-bond donors (Lipinski definition) is 0. The summed E-state index contributed by atoms with van der Waals surface area (Å²) in [6, 6.07) is 2.49. The van der Waals surface area contributed by atoms with Gasteiger partial charge in [-0.15, -0.1) is 0 Å². The van der Waals surface area contributed by atoms with Gasteiger partial charge in [0.1, 0.15) is 11.6 Å². The van der Waals surface area contributed by atoms with Gasteiger partial charge < -0.3 is 0 Å². The molecule has 3 heteroatoms. The molecule has 0 N–H and O–H groups in total. The molecule has 0 amide bonds. The van der Waals surface area contributed by atoms with E-state index in [4.69, 9.17) is 0 Å². The maximum atomic E-state index is 13.3. The maximum Gasteiger partial charge on any atom is 0.128 e. The van der Waals surface area contributed by atoms with Gasteiger partial charge in [0.2, 0.25) is 0 Å². The van der Waals surface area contributed by atoms with Gasteiger partial charge in [0.05, 0.1) is 0 Å². The van der Waals surface area contributed by atoms with E-state index in [1.807, 2.05) is 6.92 Å². The molecule has 0 heterocycles. The molecule has 1 aromatic carbocycles. The summed E-state index contributed by atoms with van der Waals surface area (Å²) in [6.45, 7) is 3.47. The van der Waals surface area contributed by atoms with Gasteiger partial charge in [-0.05, 0) is 31.0 Å². The highest BCUT2D eigenvalue weighted by Gasteiger charge is 2.13. The Kier molecular flexibility index (Phi) is 3.42. The topological polar surface area (TPSA) is 0 Å². The van der Waals surface area contributed by atoms with Crippen LogP contribution in [0.3, 0.4) is 0 Å². The van der Waals surface area contributed by atoms with Crippen LogP contribution in [0.5, 0.6) is 0 Å². The molecular formula is C10H11BrF2. The molecular weight excluding hydrogens is 238 g/mol. The second kappa shape index (κ2) is 4.18. The molecule has 0 aliphatic rings. The second-order valence-electron chi connectivity index (χ2n) is 3.00. The molecule has 0 nitrogen and oxygen atoms in total. The molecule has 0 spiro atoms. The van der Waals surface area contributed by atoms with Crippen molar-refractivity contribution in [2.45, 2.75) is 25.1 Å². The minimum Gasteiger partial charge on any atom is -0.207 e. The average molecular weight is 249 g/mol. The van der Waals surface area contributed by atoms with Gasteiger partial charge in [0, 0.05) is 10.4 Å². The summed E-state index contributed by atoms with van der Waals surface area (Å²) in [5, 5.41) is 0. The first-order valence-electron chi connectivity index (χ1n) is 4.15. The van der Waals surface area contributed by atoms with Crippen molar-refractivity contribution in [1.29, 1.82) is 0 Å². The van der Waals surface area contributed by atoms with Crippen molar-refractivity contribution < 1.29 is 8.78 Å². The molecule has 1 rings (SSSR count). The van der Waals surface area contributed by atoms with Crippen molar-refractivity contribution in [2.24, 2.45) is 0 Å².